The lowest BCUT2D eigenvalue weighted by Gasteiger charge is -2.18. The summed E-state index contributed by atoms with van der Waals surface area (Å²) in [7, 11) is 0. The van der Waals surface area contributed by atoms with Crippen LogP contribution in [-0.4, -0.2) is 42.0 Å². The van der Waals surface area contributed by atoms with Gasteiger partial charge < -0.3 is 15.4 Å². The van der Waals surface area contributed by atoms with Gasteiger partial charge in [0.2, 0.25) is 0 Å². The van der Waals surface area contributed by atoms with Crippen LogP contribution in [0.2, 0.25) is 5.02 Å². The molecule has 0 bridgehead atoms. The number of ether oxygens (including phenoxy) is 1. The number of likely N-dealkylation sites (tertiary alicyclic amines) is 1. The van der Waals surface area contributed by atoms with E-state index < -0.39 is 0 Å². The van der Waals surface area contributed by atoms with Gasteiger partial charge in [-0.1, -0.05) is 23.7 Å². The van der Waals surface area contributed by atoms with Gasteiger partial charge in [0.25, 0.3) is 5.91 Å². The number of pyridine rings is 1. The Morgan fingerprint density at radius 1 is 1.31 bits per heavy atom. The van der Waals surface area contributed by atoms with Crippen molar-refractivity contribution in [2.24, 2.45) is 11.7 Å². The van der Waals surface area contributed by atoms with Crippen LogP contribution in [0.25, 0.3) is 0 Å². The lowest BCUT2D eigenvalue weighted by atomic mass is 9.99. The van der Waals surface area contributed by atoms with Crippen LogP contribution in [0.1, 0.15) is 22.5 Å². The van der Waals surface area contributed by atoms with Crippen molar-refractivity contribution in [1.29, 1.82) is 0 Å². The summed E-state index contributed by atoms with van der Waals surface area (Å²) < 4.78 is 5.55. The van der Waals surface area contributed by atoms with E-state index in [9.17, 15) is 4.79 Å². The van der Waals surface area contributed by atoms with Crippen LogP contribution in [0.15, 0.2) is 42.6 Å². The fourth-order valence-corrected chi connectivity index (χ4v) is 3.25. The average molecular weight is 396 g/mol. The molecular weight excluding hydrogens is 373 g/mol. The first-order chi connectivity index (χ1) is 12.2. The molecular formula is C19H23Cl2N3O2. The van der Waals surface area contributed by atoms with Crippen LogP contribution in [0, 0.1) is 5.92 Å². The van der Waals surface area contributed by atoms with E-state index in [1.807, 2.05) is 29.2 Å². The van der Waals surface area contributed by atoms with Crippen LogP contribution >= 0.6 is 24.0 Å². The van der Waals surface area contributed by atoms with E-state index >= 15 is 0 Å². The molecule has 2 heterocycles. The number of rotatable bonds is 6. The lowest BCUT2D eigenvalue weighted by molar-refractivity contribution is 0.0776. The van der Waals surface area contributed by atoms with Crippen LogP contribution in [0.3, 0.4) is 0 Å². The average Bonchev–Trinajstić information content (AvgIpc) is 3.10. The molecule has 26 heavy (non-hydrogen) atoms. The molecule has 0 aliphatic carbocycles. The monoisotopic (exact) mass is 395 g/mol. The number of halogens is 2. The van der Waals surface area contributed by atoms with Crippen molar-refractivity contribution >= 4 is 29.9 Å². The third kappa shape index (κ3) is 5.10. The highest BCUT2D eigenvalue weighted by Gasteiger charge is 2.29. The molecule has 7 heteroatoms. The molecule has 2 N–H and O–H groups in total. The zero-order valence-corrected chi connectivity index (χ0v) is 16.0. The summed E-state index contributed by atoms with van der Waals surface area (Å²) >= 11 is 5.93. The Kier molecular flexibility index (Phi) is 7.69. The zero-order valence-electron chi connectivity index (χ0n) is 14.4. The zero-order chi connectivity index (χ0) is 17.6. The number of carbonyl (C=O) groups is 1. The van der Waals surface area contributed by atoms with E-state index in [0.29, 0.717) is 30.5 Å². The van der Waals surface area contributed by atoms with E-state index in [4.69, 9.17) is 22.1 Å². The van der Waals surface area contributed by atoms with Gasteiger partial charge in [0.15, 0.2) is 11.4 Å². The second kappa shape index (κ2) is 9.76. The molecule has 0 spiro atoms. The predicted octanol–water partition coefficient (Wildman–Crippen LogP) is 3.20. The predicted molar refractivity (Wildman–Crippen MR) is 105 cm³/mol. The topological polar surface area (TPSA) is 68.5 Å². The summed E-state index contributed by atoms with van der Waals surface area (Å²) in [6, 6.07) is 11.4. The maximum Gasteiger partial charge on any atom is 0.276 e. The Hall–Kier alpha value is -1.82. The van der Waals surface area contributed by atoms with Crippen LogP contribution in [0.4, 0.5) is 0 Å². The summed E-state index contributed by atoms with van der Waals surface area (Å²) in [6.07, 6.45) is 3.55. The second-order valence-corrected chi connectivity index (χ2v) is 6.66. The molecule has 0 radical (unpaired) electrons. The van der Waals surface area contributed by atoms with E-state index in [1.54, 1.807) is 18.3 Å². The number of amides is 1. The lowest BCUT2D eigenvalue weighted by Crippen LogP contribution is -2.30. The number of carbonyl (C=O) groups excluding carboxylic acids is 1. The highest BCUT2D eigenvalue weighted by molar-refractivity contribution is 6.30. The maximum absolute atomic E-state index is 12.8. The molecule has 1 atom stereocenters. The first-order valence-corrected chi connectivity index (χ1v) is 8.86. The van der Waals surface area contributed by atoms with Crippen LogP contribution in [-0.2, 0) is 6.42 Å². The third-order valence-electron chi connectivity index (χ3n) is 4.36. The van der Waals surface area contributed by atoms with Gasteiger partial charge in [0.1, 0.15) is 6.61 Å². The quantitative estimate of drug-likeness (QED) is 0.814. The number of hydrogen-bond acceptors (Lipinski definition) is 4. The fraction of sp³-hybridized carbons (Fsp3) is 0.368. The van der Waals surface area contributed by atoms with Crippen molar-refractivity contribution in [3.8, 4) is 5.75 Å². The van der Waals surface area contributed by atoms with E-state index in [2.05, 4.69) is 4.98 Å². The summed E-state index contributed by atoms with van der Waals surface area (Å²) in [5.41, 5.74) is 7.08. The van der Waals surface area contributed by atoms with Crippen molar-refractivity contribution in [3.63, 3.8) is 0 Å². The Bertz CT molecular complexity index is 725. The number of nitrogens with zero attached hydrogens (tertiary/aromatic N) is 2. The van der Waals surface area contributed by atoms with Gasteiger partial charge in [-0.3, -0.25) is 4.79 Å². The number of hydrogen-bond donors (Lipinski definition) is 1. The minimum absolute atomic E-state index is 0. The van der Waals surface area contributed by atoms with Gasteiger partial charge in [0.05, 0.1) is 0 Å². The fourth-order valence-electron chi connectivity index (χ4n) is 3.12. The second-order valence-electron chi connectivity index (χ2n) is 6.22. The molecule has 1 unspecified atom stereocenters. The first-order valence-electron chi connectivity index (χ1n) is 8.49. The smallest absolute Gasteiger partial charge is 0.276 e. The Morgan fingerprint density at radius 2 is 2.08 bits per heavy atom. The number of nitrogens with two attached hydrogens (primary N) is 1. The highest BCUT2D eigenvalue weighted by atomic mass is 35.5. The first kappa shape index (κ1) is 20.5. The van der Waals surface area contributed by atoms with Crippen LogP contribution in [0.5, 0.6) is 5.75 Å². The SMILES string of the molecule is Cl.NCCOc1cccnc1C(=O)N1CCC(Cc2ccc(Cl)cc2)C1. The standard InChI is InChI=1S/C19H22ClN3O2.ClH/c20-16-5-3-14(4-6-16)12-15-7-10-23(13-15)19(24)18-17(25-11-8-21)2-1-9-22-18;/h1-6,9,15H,7-8,10-13,21H2;1H. The Labute approximate surface area is 164 Å². The van der Waals surface area contributed by atoms with Gasteiger partial charge in [-0.05, 0) is 48.6 Å². The van der Waals surface area contributed by atoms with Crippen molar-refractivity contribution in [1.82, 2.24) is 9.88 Å². The van der Waals surface area contributed by atoms with Crippen molar-refractivity contribution in [2.45, 2.75) is 12.8 Å². The largest absolute Gasteiger partial charge is 0.490 e. The Balaban J connectivity index is 0.00000243. The van der Waals surface area contributed by atoms with Crippen molar-refractivity contribution in [3.05, 3.63) is 58.9 Å². The third-order valence-corrected chi connectivity index (χ3v) is 4.61. The molecule has 0 saturated carbocycles. The molecule has 3 rings (SSSR count). The minimum Gasteiger partial charge on any atom is -0.490 e. The molecule has 2 aromatic rings. The van der Waals surface area contributed by atoms with Gasteiger partial charge in [-0.15, -0.1) is 12.4 Å². The molecule has 1 aliphatic heterocycles. The van der Waals surface area contributed by atoms with E-state index in [0.717, 1.165) is 31.0 Å². The summed E-state index contributed by atoms with van der Waals surface area (Å²) in [4.78, 5) is 18.9. The van der Waals surface area contributed by atoms with E-state index in [-0.39, 0.29) is 18.3 Å². The molecule has 1 aromatic heterocycles. The summed E-state index contributed by atoms with van der Waals surface area (Å²) in [5.74, 6) is 0.868. The Morgan fingerprint density at radius 3 is 2.81 bits per heavy atom. The van der Waals surface area contributed by atoms with Gasteiger partial charge in [-0.25, -0.2) is 4.98 Å². The van der Waals surface area contributed by atoms with Gasteiger partial charge >= 0.3 is 0 Å². The highest BCUT2D eigenvalue weighted by Crippen LogP contribution is 2.25. The molecule has 1 aliphatic rings. The number of aromatic nitrogens is 1. The maximum atomic E-state index is 12.8. The van der Waals surface area contributed by atoms with Gasteiger partial charge in [-0.2, -0.15) is 0 Å². The summed E-state index contributed by atoms with van der Waals surface area (Å²) in [6.45, 7) is 2.24. The molecule has 5 nitrogen and oxygen atoms in total. The number of benzene rings is 1. The molecule has 1 fully saturated rings. The van der Waals surface area contributed by atoms with Crippen LogP contribution < -0.4 is 10.5 Å². The van der Waals surface area contributed by atoms with E-state index in [1.165, 1.54) is 5.56 Å². The normalized spacial score (nSPS) is 16.2. The van der Waals surface area contributed by atoms with Crippen molar-refractivity contribution in [2.75, 3.05) is 26.2 Å². The minimum atomic E-state index is -0.0776. The molecule has 1 amide bonds. The molecule has 140 valence electrons. The van der Waals surface area contributed by atoms with Gasteiger partial charge in [0, 0.05) is 30.9 Å². The molecule has 1 aromatic carbocycles. The van der Waals surface area contributed by atoms with Crippen molar-refractivity contribution < 1.29 is 9.53 Å². The summed E-state index contributed by atoms with van der Waals surface area (Å²) in [5, 5.41) is 0.743. The molecule has 1 saturated heterocycles.